The van der Waals surface area contributed by atoms with E-state index in [1.54, 1.807) is 24.3 Å². The molecule has 0 heterocycles. The Morgan fingerprint density at radius 2 is 1.40 bits per heavy atom. The van der Waals surface area contributed by atoms with Crippen LogP contribution in [0.1, 0.15) is 6.92 Å². The highest BCUT2D eigenvalue weighted by molar-refractivity contribution is 6.39. The van der Waals surface area contributed by atoms with E-state index in [-0.39, 0.29) is 19.0 Å². The molecule has 0 bridgehead atoms. The van der Waals surface area contributed by atoms with Crippen molar-refractivity contribution < 1.29 is 19.1 Å². The van der Waals surface area contributed by atoms with E-state index in [4.69, 9.17) is 4.74 Å². The normalized spacial score (nSPS) is 9.80. The summed E-state index contributed by atoms with van der Waals surface area (Å²) in [6.45, 7) is 1.81. The second kappa shape index (κ2) is 9.07. The third-order valence-electron chi connectivity index (χ3n) is 3.08. The van der Waals surface area contributed by atoms with Crippen molar-refractivity contribution in [3.63, 3.8) is 0 Å². The fourth-order valence-corrected chi connectivity index (χ4v) is 1.91. The van der Waals surface area contributed by atoms with Gasteiger partial charge in [0, 0.05) is 25.7 Å². The quantitative estimate of drug-likeness (QED) is 0.550. The molecule has 130 valence electrons. The van der Waals surface area contributed by atoms with E-state index in [0.717, 1.165) is 0 Å². The molecule has 2 aromatic rings. The Balaban J connectivity index is 1.80. The summed E-state index contributed by atoms with van der Waals surface area (Å²) in [5.74, 6) is -0.423. The van der Waals surface area contributed by atoms with Crippen LogP contribution in [0.3, 0.4) is 0 Å². The Morgan fingerprint density at radius 1 is 0.800 bits per heavy atom. The summed E-state index contributed by atoms with van der Waals surface area (Å²) < 4.78 is 5.64. The van der Waals surface area contributed by atoms with E-state index in [2.05, 4.69) is 16.0 Å². The van der Waals surface area contributed by atoms with Crippen LogP contribution in [0.15, 0.2) is 54.6 Å². The molecule has 3 N–H and O–H groups in total. The number of nitrogens with one attached hydrogen (secondary N) is 3. The zero-order valence-corrected chi connectivity index (χ0v) is 13.7. The maximum atomic E-state index is 11.8. The smallest absolute Gasteiger partial charge is 0.313 e. The number of hydrogen-bond donors (Lipinski definition) is 3. The lowest BCUT2D eigenvalue weighted by Gasteiger charge is -2.08. The van der Waals surface area contributed by atoms with Crippen LogP contribution in [-0.4, -0.2) is 30.8 Å². The standard InChI is InChI=1S/C18H19N3O4/c1-13(22)19-11-12-20-17(23)18(24)21-14-7-9-16(10-8-14)25-15-5-3-2-4-6-15/h2-10H,11-12H2,1H3,(H,19,22)(H,20,23)(H,21,24). The van der Waals surface area contributed by atoms with Crippen LogP contribution in [0.25, 0.3) is 0 Å². The largest absolute Gasteiger partial charge is 0.457 e. The van der Waals surface area contributed by atoms with Crippen LogP contribution in [0.2, 0.25) is 0 Å². The number of para-hydroxylation sites is 1. The Kier molecular flexibility index (Phi) is 6.53. The van der Waals surface area contributed by atoms with Gasteiger partial charge in [-0.2, -0.15) is 0 Å². The van der Waals surface area contributed by atoms with Crippen molar-refractivity contribution in [3.8, 4) is 11.5 Å². The summed E-state index contributed by atoms with van der Waals surface area (Å²) in [4.78, 5) is 34.1. The van der Waals surface area contributed by atoms with Gasteiger partial charge in [-0.25, -0.2) is 0 Å². The monoisotopic (exact) mass is 341 g/mol. The highest BCUT2D eigenvalue weighted by atomic mass is 16.5. The lowest BCUT2D eigenvalue weighted by atomic mass is 10.3. The van der Waals surface area contributed by atoms with Crippen molar-refractivity contribution in [2.75, 3.05) is 18.4 Å². The molecule has 0 fully saturated rings. The van der Waals surface area contributed by atoms with E-state index in [0.29, 0.717) is 17.2 Å². The summed E-state index contributed by atoms with van der Waals surface area (Å²) in [7, 11) is 0. The Morgan fingerprint density at radius 3 is 2.04 bits per heavy atom. The molecule has 0 saturated carbocycles. The van der Waals surface area contributed by atoms with Crippen molar-refractivity contribution in [1.29, 1.82) is 0 Å². The van der Waals surface area contributed by atoms with Gasteiger partial charge in [-0.3, -0.25) is 14.4 Å². The highest BCUT2D eigenvalue weighted by Crippen LogP contribution is 2.22. The summed E-state index contributed by atoms with van der Waals surface area (Å²) in [5, 5.41) is 7.42. The average Bonchev–Trinajstić information content (AvgIpc) is 2.61. The zero-order chi connectivity index (χ0) is 18.1. The molecule has 0 unspecified atom stereocenters. The fraction of sp³-hybridized carbons (Fsp3) is 0.167. The van der Waals surface area contributed by atoms with Gasteiger partial charge < -0.3 is 20.7 Å². The van der Waals surface area contributed by atoms with Gasteiger partial charge in [-0.1, -0.05) is 18.2 Å². The minimum absolute atomic E-state index is 0.176. The van der Waals surface area contributed by atoms with Crippen LogP contribution in [0.4, 0.5) is 5.69 Å². The molecule has 0 aliphatic heterocycles. The molecule has 0 spiro atoms. The third-order valence-corrected chi connectivity index (χ3v) is 3.08. The van der Waals surface area contributed by atoms with Gasteiger partial charge in [-0.05, 0) is 36.4 Å². The number of ether oxygens (including phenoxy) is 1. The van der Waals surface area contributed by atoms with Gasteiger partial charge in [0.1, 0.15) is 11.5 Å². The van der Waals surface area contributed by atoms with Crippen molar-refractivity contribution >= 4 is 23.4 Å². The number of rotatable bonds is 6. The fourth-order valence-electron chi connectivity index (χ4n) is 1.91. The molecular formula is C18H19N3O4. The first-order valence-corrected chi connectivity index (χ1v) is 7.71. The third kappa shape index (κ3) is 6.34. The maximum Gasteiger partial charge on any atom is 0.313 e. The van der Waals surface area contributed by atoms with E-state index >= 15 is 0 Å². The molecule has 0 aliphatic carbocycles. The molecule has 25 heavy (non-hydrogen) atoms. The molecule has 0 saturated heterocycles. The van der Waals surface area contributed by atoms with E-state index in [1.165, 1.54) is 6.92 Å². The first-order chi connectivity index (χ1) is 12.0. The second-order valence-corrected chi connectivity index (χ2v) is 5.13. The van der Waals surface area contributed by atoms with Crippen molar-refractivity contribution in [3.05, 3.63) is 54.6 Å². The first-order valence-electron chi connectivity index (χ1n) is 7.71. The average molecular weight is 341 g/mol. The van der Waals surface area contributed by atoms with Gasteiger partial charge in [0.2, 0.25) is 5.91 Å². The molecule has 3 amide bonds. The van der Waals surface area contributed by atoms with Crippen LogP contribution < -0.4 is 20.7 Å². The van der Waals surface area contributed by atoms with Gasteiger partial charge in [0.05, 0.1) is 0 Å². The summed E-state index contributed by atoms with van der Waals surface area (Å²) in [5.41, 5.74) is 0.474. The maximum absolute atomic E-state index is 11.8. The number of amides is 3. The number of carbonyl (C=O) groups excluding carboxylic acids is 3. The molecule has 2 aromatic carbocycles. The Labute approximate surface area is 145 Å². The van der Waals surface area contributed by atoms with Crippen LogP contribution in [0.5, 0.6) is 11.5 Å². The second-order valence-electron chi connectivity index (χ2n) is 5.13. The first kappa shape index (κ1) is 18.0. The van der Waals surface area contributed by atoms with Crippen molar-refractivity contribution in [2.45, 2.75) is 6.92 Å². The minimum Gasteiger partial charge on any atom is -0.457 e. The predicted molar refractivity (Wildman–Crippen MR) is 93.3 cm³/mol. The van der Waals surface area contributed by atoms with Gasteiger partial charge in [-0.15, -0.1) is 0 Å². The summed E-state index contributed by atoms with van der Waals surface area (Å²) >= 11 is 0. The number of hydrogen-bond acceptors (Lipinski definition) is 4. The van der Waals surface area contributed by atoms with Gasteiger partial charge >= 0.3 is 11.8 Å². The van der Waals surface area contributed by atoms with E-state index in [9.17, 15) is 14.4 Å². The van der Waals surface area contributed by atoms with Gasteiger partial charge in [0.25, 0.3) is 0 Å². The summed E-state index contributed by atoms with van der Waals surface area (Å²) in [6, 6.07) is 16.0. The number of anilines is 1. The van der Waals surface area contributed by atoms with Crippen LogP contribution >= 0.6 is 0 Å². The van der Waals surface area contributed by atoms with E-state index in [1.807, 2.05) is 30.3 Å². The molecule has 0 atom stereocenters. The van der Waals surface area contributed by atoms with E-state index < -0.39 is 11.8 Å². The lowest BCUT2D eigenvalue weighted by Crippen LogP contribution is -2.39. The predicted octanol–water partition coefficient (Wildman–Crippen LogP) is 1.67. The summed E-state index contributed by atoms with van der Waals surface area (Å²) in [6.07, 6.45) is 0. The number of benzene rings is 2. The molecular weight excluding hydrogens is 322 g/mol. The Bertz CT molecular complexity index is 730. The minimum atomic E-state index is -0.778. The zero-order valence-electron chi connectivity index (χ0n) is 13.7. The topological polar surface area (TPSA) is 96.5 Å². The molecule has 2 rings (SSSR count). The SMILES string of the molecule is CC(=O)NCCNC(=O)C(=O)Nc1ccc(Oc2ccccc2)cc1. The highest BCUT2D eigenvalue weighted by Gasteiger charge is 2.13. The van der Waals surface area contributed by atoms with Crippen molar-refractivity contribution in [1.82, 2.24) is 10.6 Å². The van der Waals surface area contributed by atoms with Crippen molar-refractivity contribution in [2.24, 2.45) is 0 Å². The molecule has 0 aromatic heterocycles. The molecule has 0 radical (unpaired) electrons. The molecule has 7 nitrogen and oxygen atoms in total. The van der Waals surface area contributed by atoms with Crippen LogP contribution in [-0.2, 0) is 14.4 Å². The van der Waals surface area contributed by atoms with Crippen LogP contribution in [0, 0.1) is 0 Å². The van der Waals surface area contributed by atoms with Gasteiger partial charge in [0.15, 0.2) is 0 Å². The molecule has 0 aliphatic rings. The lowest BCUT2D eigenvalue weighted by molar-refractivity contribution is -0.136. The molecule has 7 heteroatoms. The Hall–Kier alpha value is -3.35. The number of carbonyl (C=O) groups is 3.